The first-order chi connectivity index (χ1) is 12.2. The molecule has 0 radical (unpaired) electrons. The highest BCUT2D eigenvalue weighted by molar-refractivity contribution is 5.76. The lowest BCUT2D eigenvalue weighted by Crippen LogP contribution is -2.24. The molecular formula is C21H41NO3. The Balaban J connectivity index is 3.11. The van der Waals surface area contributed by atoms with E-state index in [-0.39, 0.29) is 12.3 Å². The minimum Gasteiger partial charge on any atom is -0.481 e. The third kappa shape index (κ3) is 20.9. The molecule has 0 aromatic rings. The van der Waals surface area contributed by atoms with Crippen LogP contribution in [0.3, 0.4) is 0 Å². The van der Waals surface area contributed by atoms with E-state index < -0.39 is 5.97 Å². The van der Waals surface area contributed by atoms with Gasteiger partial charge in [-0.3, -0.25) is 9.59 Å². The summed E-state index contributed by atoms with van der Waals surface area (Å²) in [5.41, 5.74) is 0. The van der Waals surface area contributed by atoms with Crippen LogP contribution in [-0.2, 0) is 9.59 Å². The molecule has 0 saturated heterocycles. The number of aliphatic carboxylic acids is 1. The van der Waals surface area contributed by atoms with E-state index in [9.17, 15) is 9.59 Å². The number of hydrogen-bond donors (Lipinski definition) is 2. The lowest BCUT2D eigenvalue weighted by Gasteiger charge is -2.05. The number of carbonyl (C=O) groups is 2. The van der Waals surface area contributed by atoms with Crippen LogP contribution in [0.4, 0.5) is 0 Å². The zero-order valence-electron chi connectivity index (χ0n) is 16.5. The maximum absolute atomic E-state index is 11.5. The summed E-state index contributed by atoms with van der Waals surface area (Å²) in [5.74, 6) is -0.851. The summed E-state index contributed by atoms with van der Waals surface area (Å²) in [6, 6.07) is 0. The Morgan fingerprint density at radius 3 is 1.52 bits per heavy atom. The molecule has 148 valence electrons. The summed E-state index contributed by atoms with van der Waals surface area (Å²) in [7, 11) is 0. The molecule has 0 aromatic carbocycles. The monoisotopic (exact) mass is 355 g/mol. The van der Waals surface area contributed by atoms with Crippen molar-refractivity contribution in [2.75, 3.05) is 6.54 Å². The average Bonchev–Trinajstić information content (AvgIpc) is 2.58. The molecule has 0 unspecified atom stereocenters. The molecule has 0 bridgehead atoms. The standard InChI is InChI=1S/C21H41NO3/c1-2-3-4-5-6-7-8-9-10-11-12-13-14-15-19-22-20(23)17-16-18-21(24)25/h2-19H2,1H3,(H,22,23)(H,24,25). The van der Waals surface area contributed by atoms with Gasteiger partial charge in [-0.25, -0.2) is 0 Å². The molecule has 4 nitrogen and oxygen atoms in total. The van der Waals surface area contributed by atoms with Crippen LogP contribution in [-0.4, -0.2) is 23.5 Å². The molecule has 0 fully saturated rings. The number of carboxylic acid groups (broad SMARTS) is 1. The van der Waals surface area contributed by atoms with Crippen LogP contribution in [0.5, 0.6) is 0 Å². The highest BCUT2D eigenvalue weighted by atomic mass is 16.4. The van der Waals surface area contributed by atoms with E-state index in [1.165, 1.54) is 83.5 Å². The maximum Gasteiger partial charge on any atom is 0.303 e. The van der Waals surface area contributed by atoms with E-state index in [4.69, 9.17) is 5.11 Å². The Kier molecular flexibility index (Phi) is 18.5. The van der Waals surface area contributed by atoms with Crippen molar-refractivity contribution < 1.29 is 14.7 Å². The molecule has 0 saturated carbocycles. The Bertz CT molecular complexity index is 318. The van der Waals surface area contributed by atoms with E-state index in [1.54, 1.807) is 0 Å². The molecule has 4 heteroatoms. The SMILES string of the molecule is CCCCCCCCCCCCCCCCNC(=O)CCCC(=O)O. The summed E-state index contributed by atoms with van der Waals surface area (Å²) in [6.45, 7) is 2.99. The van der Waals surface area contributed by atoms with Crippen molar-refractivity contribution in [3.05, 3.63) is 0 Å². The number of rotatable bonds is 19. The Labute approximate surface area is 155 Å². The summed E-state index contributed by atoms with van der Waals surface area (Å²) in [5, 5.41) is 11.4. The van der Waals surface area contributed by atoms with Crippen molar-refractivity contribution in [2.24, 2.45) is 0 Å². The van der Waals surface area contributed by atoms with Crippen LogP contribution in [0.1, 0.15) is 116 Å². The van der Waals surface area contributed by atoms with Gasteiger partial charge in [0, 0.05) is 19.4 Å². The molecule has 0 aliphatic heterocycles. The van der Waals surface area contributed by atoms with Crippen LogP contribution in [0, 0.1) is 0 Å². The van der Waals surface area contributed by atoms with E-state index >= 15 is 0 Å². The topological polar surface area (TPSA) is 66.4 Å². The minimum atomic E-state index is -0.834. The highest BCUT2D eigenvalue weighted by Gasteiger charge is 2.03. The number of amides is 1. The summed E-state index contributed by atoms with van der Waals surface area (Å²) >= 11 is 0. The maximum atomic E-state index is 11.5. The number of carbonyl (C=O) groups excluding carboxylic acids is 1. The highest BCUT2D eigenvalue weighted by Crippen LogP contribution is 2.12. The molecule has 0 spiro atoms. The largest absolute Gasteiger partial charge is 0.481 e. The van der Waals surface area contributed by atoms with Gasteiger partial charge in [-0.1, -0.05) is 90.4 Å². The van der Waals surface area contributed by atoms with Gasteiger partial charge in [0.2, 0.25) is 5.91 Å². The molecule has 0 heterocycles. The number of hydrogen-bond acceptors (Lipinski definition) is 2. The lowest BCUT2D eigenvalue weighted by molar-refractivity contribution is -0.137. The zero-order valence-corrected chi connectivity index (χ0v) is 16.5. The van der Waals surface area contributed by atoms with Crippen molar-refractivity contribution >= 4 is 11.9 Å². The smallest absolute Gasteiger partial charge is 0.303 e. The Morgan fingerprint density at radius 2 is 1.08 bits per heavy atom. The van der Waals surface area contributed by atoms with Gasteiger partial charge in [-0.2, -0.15) is 0 Å². The molecule has 0 aromatic heterocycles. The molecule has 0 rings (SSSR count). The molecule has 0 atom stereocenters. The second-order valence-electron chi connectivity index (χ2n) is 7.19. The summed E-state index contributed by atoms with van der Waals surface area (Å²) < 4.78 is 0. The fourth-order valence-electron chi connectivity index (χ4n) is 3.04. The van der Waals surface area contributed by atoms with E-state index in [0.29, 0.717) is 12.8 Å². The quantitative estimate of drug-likeness (QED) is 0.286. The van der Waals surface area contributed by atoms with Gasteiger partial charge < -0.3 is 10.4 Å². The van der Waals surface area contributed by atoms with E-state index in [0.717, 1.165) is 13.0 Å². The summed E-state index contributed by atoms with van der Waals surface area (Å²) in [4.78, 5) is 21.8. The number of carboxylic acids is 1. The fourth-order valence-corrected chi connectivity index (χ4v) is 3.04. The van der Waals surface area contributed by atoms with Crippen molar-refractivity contribution in [1.29, 1.82) is 0 Å². The predicted molar refractivity (Wildman–Crippen MR) is 105 cm³/mol. The number of unbranched alkanes of at least 4 members (excludes halogenated alkanes) is 13. The van der Waals surface area contributed by atoms with Gasteiger partial charge in [0.15, 0.2) is 0 Å². The van der Waals surface area contributed by atoms with Crippen molar-refractivity contribution in [3.63, 3.8) is 0 Å². The van der Waals surface area contributed by atoms with Crippen LogP contribution in [0.15, 0.2) is 0 Å². The van der Waals surface area contributed by atoms with Crippen LogP contribution in [0.2, 0.25) is 0 Å². The minimum absolute atomic E-state index is 0.0176. The Morgan fingerprint density at radius 1 is 0.640 bits per heavy atom. The average molecular weight is 356 g/mol. The molecule has 25 heavy (non-hydrogen) atoms. The van der Waals surface area contributed by atoms with Crippen LogP contribution >= 0.6 is 0 Å². The molecule has 0 aliphatic rings. The van der Waals surface area contributed by atoms with Gasteiger partial charge in [-0.05, 0) is 12.8 Å². The van der Waals surface area contributed by atoms with Crippen molar-refractivity contribution in [1.82, 2.24) is 5.32 Å². The summed E-state index contributed by atoms with van der Waals surface area (Å²) in [6.07, 6.45) is 19.5. The number of nitrogens with one attached hydrogen (secondary N) is 1. The van der Waals surface area contributed by atoms with Crippen LogP contribution < -0.4 is 5.32 Å². The molecular weight excluding hydrogens is 314 g/mol. The third-order valence-electron chi connectivity index (χ3n) is 4.65. The van der Waals surface area contributed by atoms with Gasteiger partial charge in [-0.15, -0.1) is 0 Å². The first kappa shape index (κ1) is 23.9. The van der Waals surface area contributed by atoms with Crippen molar-refractivity contribution in [2.45, 2.75) is 116 Å². The van der Waals surface area contributed by atoms with Gasteiger partial charge in [0.1, 0.15) is 0 Å². The zero-order chi connectivity index (χ0) is 18.6. The van der Waals surface area contributed by atoms with Crippen LogP contribution in [0.25, 0.3) is 0 Å². The second kappa shape index (κ2) is 19.3. The molecule has 0 aliphatic carbocycles. The lowest BCUT2D eigenvalue weighted by atomic mass is 10.0. The molecule has 1 amide bonds. The molecule has 2 N–H and O–H groups in total. The third-order valence-corrected chi connectivity index (χ3v) is 4.65. The van der Waals surface area contributed by atoms with Gasteiger partial charge in [0.25, 0.3) is 0 Å². The predicted octanol–water partition coefficient (Wildman–Crippen LogP) is 5.84. The van der Waals surface area contributed by atoms with Gasteiger partial charge in [0.05, 0.1) is 0 Å². The second-order valence-corrected chi connectivity index (χ2v) is 7.19. The van der Waals surface area contributed by atoms with Gasteiger partial charge >= 0.3 is 5.97 Å². The Hall–Kier alpha value is -1.06. The van der Waals surface area contributed by atoms with E-state index in [2.05, 4.69) is 12.2 Å². The van der Waals surface area contributed by atoms with Crippen molar-refractivity contribution in [3.8, 4) is 0 Å². The van der Waals surface area contributed by atoms with E-state index in [1.807, 2.05) is 0 Å². The normalized spacial score (nSPS) is 10.8. The first-order valence-corrected chi connectivity index (χ1v) is 10.6. The first-order valence-electron chi connectivity index (χ1n) is 10.6. The fraction of sp³-hybridized carbons (Fsp3) is 0.905.